The maximum atomic E-state index is 13.3. The van der Waals surface area contributed by atoms with Gasteiger partial charge in [-0.3, -0.25) is 9.36 Å². The highest BCUT2D eigenvalue weighted by Gasteiger charge is 2.27. The highest BCUT2D eigenvalue weighted by atomic mass is 32.1. The average molecular weight is 373 g/mol. The van der Waals surface area contributed by atoms with Gasteiger partial charge in [0.2, 0.25) is 0 Å². The highest BCUT2D eigenvalue weighted by Crippen LogP contribution is 2.35. The van der Waals surface area contributed by atoms with Crippen LogP contribution in [0.2, 0.25) is 0 Å². The van der Waals surface area contributed by atoms with Crippen molar-refractivity contribution in [2.75, 3.05) is 0 Å². The molecule has 1 atom stereocenters. The summed E-state index contributed by atoms with van der Waals surface area (Å²) in [5.41, 5.74) is 2.99. The van der Waals surface area contributed by atoms with Crippen molar-refractivity contribution in [1.82, 2.24) is 9.55 Å². The first-order valence-electron chi connectivity index (χ1n) is 8.44. The minimum absolute atomic E-state index is 0.0359. The molecule has 1 aliphatic heterocycles. The first-order chi connectivity index (χ1) is 12.0. The average Bonchev–Trinajstić information content (AvgIpc) is 2.92. The maximum absolute atomic E-state index is 13.3. The Labute approximate surface area is 155 Å². The van der Waals surface area contributed by atoms with Crippen LogP contribution in [0.1, 0.15) is 29.9 Å². The van der Waals surface area contributed by atoms with E-state index in [0.29, 0.717) is 17.3 Å². The molecule has 1 N–H and O–H groups in total. The third-order valence-electron chi connectivity index (χ3n) is 4.77. The van der Waals surface area contributed by atoms with Gasteiger partial charge >= 0.3 is 0 Å². The molecule has 1 unspecified atom stereocenters. The molecular weight excluding hydrogens is 352 g/mol. The second kappa shape index (κ2) is 6.20. The topological polar surface area (TPSA) is 47.0 Å². The molecule has 6 heteroatoms. The number of aromatic amines is 1. The predicted molar refractivity (Wildman–Crippen MR) is 104 cm³/mol. The fourth-order valence-electron chi connectivity index (χ4n) is 3.39. The van der Waals surface area contributed by atoms with Gasteiger partial charge < -0.3 is 9.72 Å². The molecule has 4 nitrogen and oxygen atoms in total. The number of hydrogen-bond acceptors (Lipinski definition) is 4. The molecule has 0 amide bonds. The summed E-state index contributed by atoms with van der Waals surface area (Å²) < 4.78 is 8.00. The molecule has 0 saturated carbocycles. The zero-order chi connectivity index (χ0) is 17.7. The largest absolute Gasteiger partial charge is 0.372 e. The van der Waals surface area contributed by atoms with Crippen LogP contribution in [0.3, 0.4) is 0 Å². The van der Waals surface area contributed by atoms with Crippen molar-refractivity contribution in [2.45, 2.75) is 39.9 Å². The lowest BCUT2D eigenvalue weighted by Crippen LogP contribution is -2.28. The normalized spacial score (nSPS) is 17.2. The molecule has 0 fully saturated rings. The Morgan fingerprint density at radius 1 is 1.40 bits per heavy atom. The molecule has 0 spiro atoms. The van der Waals surface area contributed by atoms with Crippen molar-refractivity contribution in [3.8, 4) is 5.69 Å². The number of rotatable bonds is 2. The van der Waals surface area contributed by atoms with E-state index >= 15 is 0 Å². The molecule has 1 aromatic carbocycles. The van der Waals surface area contributed by atoms with E-state index in [1.165, 1.54) is 0 Å². The Morgan fingerprint density at radius 3 is 2.92 bits per heavy atom. The number of fused-ring (bicyclic) bond motifs is 3. The molecule has 3 heterocycles. The molecule has 0 bridgehead atoms. The minimum Gasteiger partial charge on any atom is -0.372 e. The number of benzene rings is 1. The Hall–Kier alpha value is -1.76. The molecule has 1 aliphatic rings. The Kier molecular flexibility index (Phi) is 4.14. The first-order valence-corrected chi connectivity index (χ1v) is 9.66. The molecule has 0 aliphatic carbocycles. The van der Waals surface area contributed by atoms with Gasteiger partial charge in [-0.2, -0.15) is 0 Å². The summed E-state index contributed by atoms with van der Waals surface area (Å²) in [5.74, 6) is 0.421. The number of hydrogen-bond donors (Lipinski definition) is 1. The van der Waals surface area contributed by atoms with Gasteiger partial charge in [0.1, 0.15) is 4.83 Å². The molecule has 25 heavy (non-hydrogen) atoms. The lowest BCUT2D eigenvalue weighted by atomic mass is 9.96. The molecule has 0 radical (unpaired) electrons. The van der Waals surface area contributed by atoms with Crippen LogP contribution in [0, 0.1) is 17.6 Å². The second-order valence-electron chi connectivity index (χ2n) is 6.92. The van der Waals surface area contributed by atoms with Crippen molar-refractivity contribution in [2.24, 2.45) is 5.92 Å². The van der Waals surface area contributed by atoms with Crippen LogP contribution in [0.4, 0.5) is 0 Å². The summed E-state index contributed by atoms with van der Waals surface area (Å²) in [4.78, 5) is 18.6. The van der Waals surface area contributed by atoms with Gasteiger partial charge in [-0.05, 0) is 48.3 Å². The van der Waals surface area contributed by atoms with Crippen molar-refractivity contribution in [3.05, 3.63) is 55.4 Å². The minimum atomic E-state index is -0.0359. The number of ether oxygens (including phenoxy) is 1. The fourth-order valence-corrected chi connectivity index (χ4v) is 4.89. The van der Waals surface area contributed by atoms with E-state index in [1.54, 1.807) is 15.9 Å². The lowest BCUT2D eigenvalue weighted by Gasteiger charge is -2.26. The van der Waals surface area contributed by atoms with Crippen LogP contribution in [0.5, 0.6) is 0 Å². The van der Waals surface area contributed by atoms with Crippen molar-refractivity contribution < 1.29 is 4.74 Å². The smallest absolute Gasteiger partial charge is 0.267 e. The van der Waals surface area contributed by atoms with E-state index < -0.39 is 0 Å². The SMILES string of the molecule is Cc1cccc(-n2c(=S)[nH]c3sc4c(c3c2=O)CC(C(C)C)OC4)c1. The predicted octanol–water partition coefficient (Wildman–Crippen LogP) is 4.52. The van der Waals surface area contributed by atoms with Gasteiger partial charge in [0.25, 0.3) is 5.56 Å². The second-order valence-corrected chi connectivity index (χ2v) is 8.41. The molecule has 2 aromatic heterocycles. The molecule has 3 aromatic rings. The summed E-state index contributed by atoms with van der Waals surface area (Å²) in [6, 6.07) is 7.86. The standard InChI is InChI=1S/C19H20N2O2S2/c1-10(2)14-8-13-15(9-23-14)25-17-16(13)18(22)21(19(24)20-17)12-6-4-5-11(3)7-12/h4-7,10,14H,8-9H2,1-3H3,(H,20,24). The zero-order valence-electron chi connectivity index (χ0n) is 14.5. The van der Waals surface area contributed by atoms with Gasteiger partial charge in [0.05, 0.1) is 23.8 Å². The van der Waals surface area contributed by atoms with Crippen molar-refractivity contribution in [1.29, 1.82) is 0 Å². The van der Waals surface area contributed by atoms with Gasteiger partial charge in [0, 0.05) is 11.3 Å². The Morgan fingerprint density at radius 2 is 2.20 bits per heavy atom. The zero-order valence-corrected chi connectivity index (χ0v) is 16.1. The molecule has 130 valence electrons. The summed E-state index contributed by atoms with van der Waals surface area (Å²) in [6.45, 7) is 6.89. The quantitative estimate of drug-likeness (QED) is 0.673. The van der Waals surface area contributed by atoms with Gasteiger partial charge in [-0.1, -0.05) is 26.0 Å². The van der Waals surface area contributed by atoms with Gasteiger partial charge in [-0.25, -0.2) is 0 Å². The fraction of sp³-hybridized carbons (Fsp3) is 0.368. The van der Waals surface area contributed by atoms with Crippen LogP contribution in [-0.4, -0.2) is 15.7 Å². The first kappa shape index (κ1) is 16.7. The van der Waals surface area contributed by atoms with Crippen molar-refractivity contribution >= 4 is 33.8 Å². The maximum Gasteiger partial charge on any atom is 0.267 e. The summed E-state index contributed by atoms with van der Waals surface area (Å²) in [7, 11) is 0. The molecule has 4 rings (SSSR count). The number of nitrogens with zero attached hydrogens (tertiary/aromatic N) is 1. The monoisotopic (exact) mass is 372 g/mol. The molecular formula is C19H20N2O2S2. The summed E-state index contributed by atoms with van der Waals surface area (Å²) >= 11 is 7.07. The van der Waals surface area contributed by atoms with Crippen LogP contribution >= 0.6 is 23.6 Å². The summed E-state index contributed by atoms with van der Waals surface area (Å²) in [6.07, 6.45) is 0.931. The Bertz CT molecular complexity index is 1080. The van der Waals surface area contributed by atoms with Crippen LogP contribution < -0.4 is 5.56 Å². The van der Waals surface area contributed by atoms with Gasteiger partial charge in [0.15, 0.2) is 4.77 Å². The van der Waals surface area contributed by atoms with E-state index in [2.05, 4.69) is 18.8 Å². The third kappa shape index (κ3) is 2.78. The van der Waals surface area contributed by atoms with E-state index in [1.807, 2.05) is 31.2 Å². The number of H-pyrrole nitrogens is 1. The molecule has 0 saturated heterocycles. The van der Waals surface area contributed by atoms with Crippen LogP contribution in [0.15, 0.2) is 29.1 Å². The highest BCUT2D eigenvalue weighted by molar-refractivity contribution is 7.71. The van der Waals surface area contributed by atoms with Crippen LogP contribution in [-0.2, 0) is 17.8 Å². The van der Waals surface area contributed by atoms with E-state index in [4.69, 9.17) is 17.0 Å². The Balaban J connectivity index is 1.98. The van der Waals surface area contributed by atoms with Crippen LogP contribution in [0.25, 0.3) is 15.9 Å². The van der Waals surface area contributed by atoms with Gasteiger partial charge in [-0.15, -0.1) is 11.3 Å². The number of thiophene rings is 1. The lowest BCUT2D eigenvalue weighted by molar-refractivity contribution is 0.00200. The third-order valence-corrected chi connectivity index (χ3v) is 6.17. The summed E-state index contributed by atoms with van der Waals surface area (Å²) in [5, 5.41) is 0.768. The van der Waals surface area contributed by atoms with Crippen molar-refractivity contribution in [3.63, 3.8) is 0 Å². The number of aryl methyl sites for hydroxylation is 1. The van der Waals surface area contributed by atoms with E-state index in [-0.39, 0.29) is 11.7 Å². The number of nitrogens with one attached hydrogen (secondary N) is 1. The number of aromatic nitrogens is 2. The van der Waals surface area contributed by atoms with E-state index in [0.717, 1.165) is 38.3 Å². The van der Waals surface area contributed by atoms with E-state index in [9.17, 15) is 4.79 Å².